The van der Waals surface area contributed by atoms with Crippen molar-refractivity contribution in [3.63, 3.8) is 0 Å². The predicted octanol–water partition coefficient (Wildman–Crippen LogP) is 3.46. The average Bonchev–Trinajstić information content (AvgIpc) is 2.51. The van der Waals surface area contributed by atoms with E-state index in [1.54, 1.807) is 11.3 Å². The third-order valence-corrected chi connectivity index (χ3v) is 4.81. The molecule has 1 aliphatic rings. The Hall–Kier alpha value is 0.140. The summed E-state index contributed by atoms with van der Waals surface area (Å²) in [5.74, 6) is 0.503. The van der Waals surface area contributed by atoms with E-state index in [-0.39, 0.29) is 6.10 Å². The summed E-state index contributed by atoms with van der Waals surface area (Å²) in [4.78, 5) is 1.27. The van der Waals surface area contributed by atoms with Gasteiger partial charge >= 0.3 is 0 Å². The molecule has 0 aliphatic heterocycles. The maximum Gasteiger partial charge on any atom is 0.0621 e. The lowest BCUT2D eigenvalue weighted by molar-refractivity contribution is 0.137. The van der Waals surface area contributed by atoms with Gasteiger partial charge in [0.05, 0.1) is 6.10 Å². The van der Waals surface area contributed by atoms with E-state index < -0.39 is 0 Å². The van der Waals surface area contributed by atoms with Crippen molar-refractivity contribution < 1.29 is 5.11 Å². The highest BCUT2D eigenvalue weighted by atomic mass is 79.9. The molecule has 1 N–H and O–H groups in total. The Bertz CT molecular complexity index is 332. The van der Waals surface area contributed by atoms with Crippen LogP contribution in [0.25, 0.3) is 0 Å². The van der Waals surface area contributed by atoms with Crippen LogP contribution in [0, 0.1) is 11.3 Å². The molecule has 0 spiro atoms. The Morgan fingerprint density at radius 1 is 1.71 bits per heavy atom. The lowest BCUT2D eigenvalue weighted by atomic mass is 10.0. The van der Waals surface area contributed by atoms with E-state index in [2.05, 4.69) is 41.2 Å². The fraction of sp³-hybridized carbons (Fsp3) is 0.636. The number of rotatable bonds is 3. The normalized spacial score (nSPS) is 26.1. The predicted molar refractivity (Wildman–Crippen MR) is 63.6 cm³/mol. The molecule has 3 heteroatoms. The van der Waals surface area contributed by atoms with Gasteiger partial charge in [-0.25, -0.2) is 0 Å². The van der Waals surface area contributed by atoms with Crippen molar-refractivity contribution in [2.24, 2.45) is 11.3 Å². The number of aliphatic hydroxyl groups is 1. The summed E-state index contributed by atoms with van der Waals surface area (Å²) in [6, 6.07) is 2.10. The molecule has 2 rings (SSSR count). The lowest BCUT2D eigenvalue weighted by Crippen LogP contribution is -2.15. The van der Waals surface area contributed by atoms with E-state index in [1.807, 2.05) is 0 Å². The fourth-order valence-electron chi connectivity index (χ4n) is 1.97. The first kappa shape index (κ1) is 10.7. The van der Waals surface area contributed by atoms with E-state index in [0.717, 1.165) is 10.9 Å². The van der Waals surface area contributed by atoms with Gasteiger partial charge in [-0.2, -0.15) is 0 Å². The number of aliphatic hydroxyl groups excluding tert-OH is 1. The maximum absolute atomic E-state index is 9.98. The molecule has 1 nitrogen and oxygen atoms in total. The molecule has 0 saturated heterocycles. The Morgan fingerprint density at radius 2 is 2.36 bits per heavy atom. The molecule has 14 heavy (non-hydrogen) atoms. The molecule has 1 aromatic heterocycles. The molecule has 2 atom stereocenters. The zero-order valence-electron chi connectivity index (χ0n) is 8.46. The van der Waals surface area contributed by atoms with Crippen molar-refractivity contribution in [2.45, 2.75) is 32.8 Å². The molecule has 78 valence electrons. The van der Waals surface area contributed by atoms with Crippen LogP contribution in [0.4, 0.5) is 0 Å². The molecule has 2 unspecified atom stereocenters. The van der Waals surface area contributed by atoms with Crippen LogP contribution in [0.15, 0.2) is 15.9 Å². The van der Waals surface area contributed by atoms with Gasteiger partial charge in [-0.1, -0.05) is 13.8 Å². The highest BCUT2D eigenvalue weighted by Crippen LogP contribution is 2.54. The van der Waals surface area contributed by atoms with Gasteiger partial charge < -0.3 is 5.11 Å². The Kier molecular flexibility index (Phi) is 2.75. The van der Waals surface area contributed by atoms with E-state index in [4.69, 9.17) is 0 Å². The molecule has 1 aromatic rings. The standard InChI is InChI=1S/C11H15BrOS/c1-11(2)5-9(11)10(13)4-8-3-7(12)6-14-8/h3,6,9-10,13H,4-5H2,1-2H3. The Morgan fingerprint density at radius 3 is 2.79 bits per heavy atom. The molecule has 0 amide bonds. The minimum absolute atomic E-state index is 0.157. The molecule has 0 bridgehead atoms. The van der Waals surface area contributed by atoms with Crippen molar-refractivity contribution in [1.82, 2.24) is 0 Å². The van der Waals surface area contributed by atoms with Crippen LogP contribution in [0.5, 0.6) is 0 Å². The summed E-state index contributed by atoms with van der Waals surface area (Å²) < 4.78 is 1.12. The molecule has 1 aliphatic carbocycles. The second kappa shape index (κ2) is 3.62. The first-order valence-electron chi connectivity index (χ1n) is 4.90. The van der Waals surface area contributed by atoms with Crippen LogP contribution in [-0.4, -0.2) is 11.2 Å². The second-order valence-corrected chi connectivity index (χ2v) is 6.71. The summed E-state index contributed by atoms with van der Waals surface area (Å²) in [5, 5.41) is 12.0. The molecular formula is C11H15BrOS. The van der Waals surface area contributed by atoms with Crippen molar-refractivity contribution in [3.05, 3.63) is 20.8 Å². The van der Waals surface area contributed by atoms with Crippen LogP contribution in [0.3, 0.4) is 0 Å². The summed E-state index contributed by atoms with van der Waals surface area (Å²) >= 11 is 5.14. The SMILES string of the molecule is CC1(C)CC1C(O)Cc1cc(Br)cs1. The van der Waals surface area contributed by atoms with Crippen LogP contribution >= 0.6 is 27.3 Å². The quantitative estimate of drug-likeness (QED) is 0.895. The summed E-state index contributed by atoms with van der Waals surface area (Å²) in [7, 11) is 0. The second-order valence-electron chi connectivity index (χ2n) is 4.80. The zero-order chi connectivity index (χ0) is 10.3. The third kappa shape index (κ3) is 2.20. The smallest absolute Gasteiger partial charge is 0.0621 e. The van der Waals surface area contributed by atoms with Gasteiger partial charge in [-0.05, 0) is 39.8 Å². The van der Waals surface area contributed by atoms with Gasteiger partial charge in [-0.15, -0.1) is 11.3 Å². The van der Waals surface area contributed by atoms with Crippen LogP contribution in [-0.2, 0) is 6.42 Å². The van der Waals surface area contributed by atoms with E-state index in [9.17, 15) is 5.11 Å². The zero-order valence-corrected chi connectivity index (χ0v) is 10.9. The summed E-state index contributed by atoms with van der Waals surface area (Å²) in [6.45, 7) is 4.45. The van der Waals surface area contributed by atoms with Gasteiger partial charge in [0.15, 0.2) is 0 Å². The third-order valence-electron chi connectivity index (χ3n) is 3.09. The van der Waals surface area contributed by atoms with Gasteiger partial charge in [-0.3, -0.25) is 0 Å². The van der Waals surface area contributed by atoms with Crippen LogP contribution < -0.4 is 0 Å². The summed E-state index contributed by atoms with van der Waals surface area (Å²) in [5.41, 5.74) is 0.369. The molecule has 0 radical (unpaired) electrons. The van der Waals surface area contributed by atoms with E-state index >= 15 is 0 Å². The topological polar surface area (TPSA) is 20.2 Å². The number of hydrogen-bond donors (Lipinski definition) is 1. The van der Waals surface area contributed by atoms with Crippen molar-refractivity contribution in [3.8, 4) is 0 Å². The summed E-state index contributed by atoms with van der Waals surface area (Å²) in [6.07, 6.45) is 1.82. The molecule has 0 aromatic carbocycles. The van der Waals surface area contributed by atoms with Crippen LogP contribution in [0.1, 0.15) is 25.1 Å². The molecule has 1 fully saturated rings. The number of halogens is 1. The van der Waals surface area contributed by atoms with E-state index in [0.29, 0.717) is 11.3 Å². The highest BCUT2D eigenvalue weighted by Gasteiger charge is 2.49. The van der Waals surface area contributed by atoms with Gasteiger partial charge in [0, 0.05) is 21.2 Å². The van der Waals surface area contributed by atoms with Crippen LogP contribution in [0.2, 0.25) is 0 Å². The minimum atomic E-state index is -0.157. The number of hydrogen-bond acceptors (Lipinski definition) is 2. The first-order valence-corrected chi connectivity index (χ1v) is 6.57. The fourth-order valence-corrected chi connectivity index (χ4v) is 3.48. The number of thiophene rings is 1. The largest absolute Gasteiger partial charge is 0.392 e. The van der Waals surface area contributed by atoms with Crippen molar-refractivity contribution >= 4 is 27.3 Å². The average molecular weight is 275 g/mol. The van der Waals surface area contributed by atoms with Gasteiger partial charge in [0.2, 0.25) is 0 Å². The van der Waals surface area contributed by atoms with E-state index in [1.165, 1.54) is 11.3 Å². The minimum Gasteiger partial charge on any atom is -0.392 e. The van der Waals surface area contributed by atoms with Crippen molar-refractivity contribution in [2.75, 3.05) is 0 Å². The van der Waals surface area contributed by atoms with Gasteiger partial charge in [0.25, 0.3) is 0 Å². The maximum atomic E-state index is 9.98. The first-order chi connectivity index (χ1) is 6.49. The molecular weight excluding hydrogens is 260 g/mol. The Balaban J connectivity index is 1.93. The highest BCUT2D eigenvalue weighted by molar-refractivity contribution is 9.10. The van der Waals surface area contributed by atoms with Gasteiger partial charge in [0.1, 0.15) is 0 Å². The Labute approximate surface area is 97.3 Å². The lowest BCUT2D eigenvalue weighted by Gasteiger charge is -2.10. The monoisotopic (exact) mass is 274 g/mol. The molecule has 1 saturated carbocycles. The molecule has 1 heterocycles. The van der Waals surface area contributed by atoms with Crippen molar-refractivity contribution in [1.29, 1.82) is 0 Å².